The van der Waals surface area contributed by atoms with Crippen molar-refractivity contribution in [3.8, 4) is 5.75 Å². The van der Waals surface area contributed by atoms with Crippen LogP contribution in [0.2, 0.25) is 0 Å². The molecule has 1 aromatic carbocycles. The molecule has 0 bridgehead atoms. The summed E-state index contributed by atoms with van der Waals surface area (Å²) >= 11 is 1.80. The largest absolute Gasteiger partial charge is 0.497 e. The van der Waals surface area contributed by atoms with Crippen LogP contribution in [-0.4, -0.2) is 22.6 Å². The van der Waals surface area contributed by atoms with E-state index in [4.69, 9.17) is 4.74 Å². The smallest absolute Gasteiger partial charge is 0.256 e. The lowest BCUT2D eigenvalue weighted by Crippen LogP contribution is -2.14. The number of pyridine rings is 1. The highest BCUT2D eigenvalue weighted by Crippen LogP contribution is 2.43. The highest BCUT2D eigenvalue weighted by atomic mass is 32.2. The lowest BCUT2D eigenvalue weighted by molar-refractivity contribution is -0.111. The molecular formula is C23H21N3O2S. The second-order valence-corrected chi connectivity index (χ2v) is 7.57. The van der Waals surface area contributed by atoms with Crippen LogP contribution in [0.4, 0.5) is 5.69 Å². The topological polar surface area (TPSA) is 56.2 Å². The van der Waals surface area contributed by atoms with Gasteiger partial charge in [-0.15, -0.1) is 11.8 Å². The van der Waals surface area contributed by atoms with E-state index in [-0.39, 0.29) is 11.3 Å². The molecule has 1 aliphatic heterocycles. The van der Waals surface area contributed by atoms with E-state index in [1.807, 2.05) is 54.7 Å². The van der Waals surface area contributed by atoms with E-state index in [9.17, 15) is 4.79 Å². The summed E-state index contributed by atoms with van der Waals surface area (Å²) in [5.41, 5.74) is 4.28. The van der Waals surface area contributed by atoms with Gasteiger partial charge in [-0.3, -0.25) is 9.78 Å². The van der Waals surface area contributed by atoms with E-state index in [0.29, 0.717) is 5.57 Å². The Morgan fingerprint density at radius 1 is 1.28 bits per heavy atom. The Balaban J connectivity index is 1.57. The quantitative estimate of drug-likeness (QED) is 0.470. The average molecular weight is 404 g/mol. The number of rotatable bonds is 6. The molecule has 1 aliphatic rings. The van der Waals surface area contributed by atoms with Crippen LogP contribution in [0.25, 0.3) is 5.57 Å². The molecule has 1 atom stereocenters. The van der Waals surface area contributed by atoms with E-state index in [1.165, 1.54) is 0 Å². The third-order valence-corrected chi connectivity index (χ3v) is 6.00. The standard InChI is InChI=1S/C23H21N3O2S/c1-3-6-18(16-8-10-17(28-2)11-9-16)22(27)25-19-12-14-26-21(19)15-29-23(26)20-7-4-5-13-24-20/h3-14,23H,1,15H2,2H3,(H,25,27). The fraction of sp³-hybridized carbons (Fsp3) is 0.130. The number of fused-ring (bicyclic) bond motifs is 1. The van der Waals surface area contributed by atoms with Crippen LogP contribution in [0.15, 0.2) is 79.7 Å². The Labute approximate surface area is 174 Å². The second-order valence-electron chi connectivity index (χ2n) is 6.50. The number of carbonyl (C=O) groups is 1. The molecule has 1 amide bonds. The van der Waals surface area contributed by atoms with Gasteiger partial charge in [0.2, 0.25) is 0 Å². The molecule has 4 rings (SSSR count). The molecule has 0 radical (unpaired) electrons. The maximum absolute atomic E-state index is 13.0. The number of nitrogens with zero attached hydrogens (tertiary/aromatic N) is 2. The SMILES string of the molecule is C=CC=C(C(=O)Nc1ccn2c1CSC2c1ccccn1)c1ccc(OC)cc1. The van der Waals surface area contributed by atoms with Crippen molar-refractivity contribution < 1.29 is 9.53 Å². The molecule has 5 nitrogen and oxygen atoms in total. The summed E-state index contributed by atoms with van der Waals surface area (Å²) in [5, 5.41) is 3.19. The molecule has 146 valence electrons. The molecular weight excluding hydrogens is 382 g/mol. The molecule has 3 heterocycles. The van der Waals surface area contributed by atoms with Crippen LogP contribution in [0.3, 0.4) is 0 Å². The van der Waals surface area contributed by atoms with Gasteiger partial charge in [-0.1, -0.05) is 30.9 Å². The van der Waals surface area contributed by atoms with E-state index < -0.39 is 0 Å². The van der Waals surface area contributed by atoms with Crippen molar-refractivity contribution in [3.05, 3.63) is 96.6 Å². The van der Waals surface area contributed by atoms with Crippen molar-refractivity contribution in [3.63, 3.8) is 0 Å². The van der Waals surface area contributed by atoms with Crippen molar-refractivity contribution in [2.75, 3.05) is 12.4 Å². The van der Waals surface area contributed by atoms with E-state index in [2.05, 4.69) is 21.4 Å². The van der Waals surface area contributed by atoms with Crippen molar-refractivity contribution in [2.24, 2.45) is 0 Å². The predicted octanol–water partition coefficient (Wildman–Crippen LogP) is 4.89. The van der Waals surface area contributed by atoms with Gasteiger partial charge >= 0.3 is 0 Å². The van der Waals surface area contributed by atoms with Gasteiger partial charge in [0.25, 0.3) is 5.91 Å². The van der Waals surface area contributed by atoms with Gasteiger partial charge in [-0.2, -0.15) is 0 Å². The molecule has 3 aromatic rings. The molecule has 0 fully saturated rings. The van der Waals surface area contributed by atoms with E-state index in [0.717, 1.165) is 34.1 Å². The van der Waals surface area contributed by atoms with Crippen molar-refractivity contribution in [1.82, 2.24) is 9.55 Å². The number of hydrogen-bond donors (Lipinski definition) is 1. The van der Waals surface area contributed by atoms with Gasteiger partial charge < -0.3 is 14.6 Å². The zero-order chi connectivity index (χ0) is 20.2. The third kappa shape index (κ3) is 3.84. The van der Waals surface area contributed by atoms with Gasteiger partial charge in [0, 0.05) is 23.7 Å². The molecule has 29 heavy (non-hydrogen) atoms. The molecule has 1 N–H and O–H groups in total. The normalized spacial score (nSPS) is 15.6. The predicted molar refractivity (Wildman–Crippen MR) is 118 cm³/mol. The van der Waals surface area contributed by atoms with Crippen molar-refractivity contribution >= 4 is 28.9 Å². The number of methoxy groups -OCH3 is 1. The zero-order valence-electron chi connectivity index (χ0n) is 16.0. The van der Waals surface area contributed by atoms with Gasteiger partial charge in [0.15, 0.2) is 0 Å². The van der Waals surface area contributed by atoms with Crippen molar-refractivity contribution in [1.29, 1.82) is 0 Å². The first-order valence-electron chi connectivity index (χ1n) is 9.22. The highest BCUT2D eigenvalue weighted by molar-refractivity contribution is 7.99. The molecule has 0 spiro atoms. The molecule has 0 aliphatic carbocycles. The van der Waals surface area contributed by atoms with Gasteiger partial charge in [-0.25, -0.2) is 0 Å². The Kier molecular flexibility index (Phi) is 5.53. The van der Waals surface area contributed by atoms with Gasteiger partial charge in [-0.05, 0) is 42.0 Å². The average Bonchev–Trinajstić information content (AvgIpc) is 3.36. The number of nitrogens with one attached hydrogen (secondary N) is 1. The molecule has 6 heteroatoms. The third-order valence-electron chi connectivity index (χ3n) is 4.77. The van der Waals surface area contributed by atoms with Crippen molar-refractivity contribution in [2.45, 2.75) is 11.1 Å². The second kappa shape index (κ2) is 8.41. The Morgan fingerprint density at radius 2 is 2.10 bits per heavy atom. The summed E-state index contributed by atoms with van der Waals surface area (Å²) in [7, 11) is 1.62. The van der Waals surface area contributed by atoms with Crippen LogP contribution in [0.5, 0.6) is 5.75 Å². The summed E-state index contributed by atoms with van der Waals surface area (Å²) in [6, 6.07) is 15.3. The summed E-state index contributed by atoms with van der Waals surface area (Å²) in [6.45, 7) is 3.75. The fourth-order valence-corrected chi connectivity index (χ4v) is 4.62. The van der Waals surface area contributed by atoms with Crippen LogP contribution < -0.4 is 10.1 Å². The van der Waals surface area contributed by atoms with E-state index >= 15 is 0 Å². The van der Waals surface area contributed by atoms with Gasteiger partial charge in [0.05, 0.1) is 24.2 Å². The first-order chi connectivity index (χ1) is 14.2. The number of ether oxygens (including phenoxy) is 1. The maximum Gasteiger partial charge on any atom is 0.256 e. The Morgan fingerprint density at radius 3 is 2.79 bits per heavy atom. The first kappa shape index (κ1) is 19.1. The Hall–Kier alpha value is -3.25. The van der Waals surface area contributed by atoms with Crippen LogP contribution in [0, 0.1) is 0 Å². The molecule has 0 saturated carbocycles. The summed E-state index contributed by atoms with van der Waals surface area (Å²) in [4.78, 5) is 17.5. The minimum Gasteiger partial charge on any atom is -0.497 e. The number of aromatic nitrogens is 2. The lowest BCUT2D eigenvalue weighted by Gasteiger charge is -2.11. The minimum absolute atomic E-state index is 0.127. The molecule has 1 unspecified atom stereocenters. The Bertz CT molecular complexity index is 1060. The summed E-state index contributed by atoms with van der Waals surface area (Å²) in [5.74, 6) is 1.39. The fourth-order valence-electron chi connectivity index (χ4n) is 3.34. The van der Waals surface area contributed by atoms with E-state index in [1.54, 1.807) is 37.2 Å². The number of thioether (sulfide) groups is 1. The number of carbonyl (C=O) groups excluding carboxylic acids is 1. The highest BCUT2D eigenvalue weighted by Gasteiger charge is 2.27. The minimum atomic E-state index is -0.171. The molecule has 2 aromatic heterocycles. The van der Waals surface area contributed by atoms with Crippen LogP contribution >= 0.6 is 11.8 Å². The molecule has 0 saturated heterocycles. The van der Waals surface area contributed by atoms with Crippen LogP contribution in [-0.2, 0) is 10.5 Å². The number of anilines is 1. The zero-order valence-corrected chi connectivity index (χ0v) is 16.9. The summed E-state index contributed by atoms with van der Waals surface area (Å²) in [6.07, 6.45) is 7.16. The number of allylic oxidation sites excluding steroid dienone is 2. The number of hydrogen-bond acceptors (Lipinski definition) is 4. The maximum atomic E-state index is 13.0. The summed E-state index contributed by atoms with van der Waals surface area (Å²) < 4.78 is 7.37. The number of amides is 1. The first-order valence-corrected chi connectivity index (χ1v) is 10.3. The number of benzene rings is 1. The van der Waals surface area contributed by atoms with Crippen LogP contribution in [0.1, 0.15) is 22.3 Å². The van der Waals surface area contributed by atoms with Gasteiger partial charge in [0.1, 0.15) is 11.1 Å². The monoisotopic (exact) mass is 403 g/mol. The lowest BCUT2D eigenvalue weighted by atomic mass is 10.0.